The Morgan fingerprint density at radius 2 is 1.79 bits per heavy atom. The Kier molecular flexibility index (Phi) is 3.97. The predicted octanol–water partition coefficient (Wildman–Crippen LogP) is 3.28. The molecule has 1 amide bonds. The van der Waals surface area contributed by atoms with Gasteiger partial charge in [0.2, 0.25) is 0 Å². The molecule has 0 unspecified atom stereocenters. The van der Waals surface area contributed by atoms with Crippen LogP contribution in [0.2, 0.25) is 0 Å². The predicted molar refractivity (Wildman–Crippen MR) is 106 cm³/mol. The monoisotopic (exact) mass is 371 g/mol. The second-order valence-electron chi connectivity index (χ2n) is 7.30. The molecule has 1 aliphatic heterocycles. The maximum absolute atomic E-state index is 12.7. The third-order valence-electron chi connectivity index (χ3n) is 5.82. The van der Waals surface area contributed by atoms with E-state index >= 15 is 0 Å². The quantitative estimate of drug-likeness (QED) is 0.601. The van der Waals surface area contributed by atoms with Crippen molar-refractivity contribution in [2.75, 3.05) is 13.1 Å². The Balaban J connectivity index is 1.51. The fraction of sp³-hybridized carbons (Fsp3) is 0.227. The Hall–Kier alpha value is -3.41. The van der Waals surface area contributed by atoms with E-state index in [0.717, 1.165) is 24.2 Å². The normalized spacial score (nSPS) is 16.4. The minimum Gasteiger partial charge on any atom is -0.337 e. The number of pyridine rings is 1. The van der Waals surface area contributed by atoms with Crippen molar-refractivity contribution in [3.63, 3.8) is 0 Å². The van der Waals surface area contributed by atoms with Crippen LogP contribution in [0.5, 0.6) is 0 Å². The number of fused-ring (bicyclic) bond motifs is 1. The van der Waals surface area contributed by atoms with E-state index in [2.05, 4.69) is 45.1 Å². The standard InChI is InChI=1S/C22H21N5O/c28-21(18-9-12-23-25-18)26-14-10-22(11-15-26,17-6-2-1-3-7-17)19-16-27-13-5-4-8-20(27)24-19/h1-9,12-13,16H,10-11,14-15H2,(H,23,25). The number of piperidine rings is 1. The molecule has 0 atom stereocenters. The van der Waals surface area contributed by atoms with Crippen molar-refractivity contribution >= 4 is 11.6 Å². The summed E-state index contributed by atoms with van der Waals surface area (Å²) in [5.41, 5.74) is 3.62. The average Bonchev–Trinajstić information content (AvgIpc) is 3.44. The Morgan fingerprint density at radius 1 is 1.00 bits per heavy atom. The molecule has 0 saturated carbocycles. The SMILES string of the molecule is O=C(c1ccn[nH]1)N1CCC(c2ccccc2)(c2cn3ccccc3n2)CC1. The fourth-order valence-electron chi connectivity index (χ4n) is 4.25. The third kappa shape index (κ3) is 2.69. The van der Waals surface area contributed by atoms with Gasteiger partial charge in [-0.3, -0.25) is 9.89 Å². The highest BCUT2D eigenvalue weighted by atomic mass is 16.2. The van der Waals surface area contributed by atoms with Crippen molar-refractivity contribution in [3.05, 3.63) is 90.1 Å². The summed E-state index contributed by atoms with van der Waals surface area (Å²) in [4.78, 5) is 19.6. The van der Waals surface area contributed by atoms with Gasteiger partial charge in [0.25, 0.3) is 5.91 Å². The van der Waals surface area contributed by atoms with E-state index in [0.29, 0.717) is 18.8 Å². The molecule has 6 nitrogen and oxygen atoms in total. The molecule has 0 bridgehead atoms. The number of aromatic nitrogens is 4. The largest absolute Gasteiger partial charge is 0.337 e. The number of H-pyrrole nitrogens is 1. The molecule has 140 valence electrons. The molecule has 1 N–H and O–H groups in total. The lowest BCUT2D eigenvalue weighted by Crippen LogP contribution is -2.46. The van der Waals surface area contributed by atoms with Crippen LogP contribution in [0.4, 0.5) is 0 Å². The van der Waals surface area contributed by atoms with Crippen molar-refractivity contribution in [1.29, 1.82) is 0 Å². The molecule has 6 heteroatoms. The smallest absolute Gasteiger partial charge is 0.271 e. The van der Waals surface area contributed by atoms with Gasteiger partial charge in [-0.15, -0.1) is 0 Å². The highest BCUT2D eigenvalue weighted by molar-refractivity contribution is 5.92. The zero-order valence-electron chi connectivity index (χ0n) is 15.5. The van der Waals surface area contributed by atoms with E-state index in [1.165, 1.54) is 5.56 Å². The van der Waals surface area contributed by atoms with Gasteiger partial charge >= 0.3 is 0 Å². The van der Waals surface area contributed by atoms with Crippen LogP contribution in [-0.4, -0.2) is 43.5 Å². The summed E-state index contributed by atoms with van der Waals surface area (Å²) < 4.78 is 2.07. The number of rotatable bonds is 3. The minimum atomic E-state index is -0.196. The van der Waals surface area contributed by atoms with E-state index in [9.17, 15) is 4.79 Å². The number of nitrogens with one attached hydrogen (secondary N) is 1. The van der Waals surface area contributed by atoms with Crippen LogP contribution in [0.25, 0.3) is 5.65 Å². The molecule has 1 fully saturated rings. The molecule has 0 radical (unpaired) electrons. The zero-order chi connectivity index (χ0) is 19.0. The second-order valence-corrected chi connectivity index (χ2v) is 7.30. The Labute approximate surface area is 162 Å². The van der Waals surface area contributed by atoms with Gasteiger partial charge in [0, 0.05) is 37.1 Å². The summed E-state index contributed by atoms with van der Waals surface area (Å²) in [5.74, 6) is 0.00848. The van der Waals surface area contributed by atoms with E-state index < -0.39 is 0 Å². The number of nitrogens with zero attached hydrogens (tertiary/aromatic N) is 4. The lowest BCUT2D eigenvalue weighted by atomic mass is 9.70. The van der Waals surface area contributed by atoms with Crippen LogP contribution in [0.1, 0.15) is 34.6 Å². The van der Waals surface area contributed by atoms with Crippen molar-refractivity contribution in [2.45, 2.75) is 18.3 Å². The number of carbonyl (C=O) groups is 1. The lowest BCUT2D eigenvalue weighted by Gasteiger charge is -2.41. The lowest BCUT2D eigenvalue weighted by molar-refractivity contribution is 0.0678. The van der Waals surface area contributed by atoms with E-state index in [-0.39, 0.29) is 11.3 Å². The van der Waals surface area contributed by atoms with Gasteiger partial charge in [-0.05, 0) is 36.6 Å². The second kappa shape index (κ2) is 6.64. The Bertz CT molecular complexity index is 1060. The first-order valence-electron chi connectivity index (χ1n) is 9.55. The highest BCUT2D eigenvalue weighted by Gasteiger charge is 2.41. The van der Waals surface area contributed by atoms with Crippen molar-refractivity contribution in [2.24, 2.45) is 0 Å². The zero-order valence-corrected chi connectivity index (χ0v) is 15.5. The topological polar surface area (TPSA) is 66.3 Å². The van der Waals surface area contributed by atoms with Gasteiger partial charge in [-0.1, -0.05) is 36.4 Å². The summed E-state index contributed by atoms with van der Waals surface area (Å²) in [6.07, 6.45) is 7.44. The third-order valence-corrected chi connectivity index (χ3v) is 5.82. The summed E-state index contributed by atoms with van der Waals surface area (Å²) in [6.45, 7) is 1.36. The van der Waals surface area contributed by atoms with Gasteiger partial charge in [-0.2, -0.15) is 5.10 Å². The number of imidazole rings is 1. The summed E-state index contributed by atoms with van der Waals surface area (Å²) >= 11 is 0. The number of amides is 1. The Morgan fingerprint density at radius 3 is 2.50 bits per heavy atom. The minimum absolute atomic E-state index is 0.00848. The molecule has 1 saturated heterocycles. The number of hydrogen-bond donors (Lipinski definition) is 1. The summed E-state index contributed by atoms with van der Waals surface area (Å²) in [5, 5.41) is 6.68. The van der Waals surface area contributed by atoms with Gasteiger partial charge in [0.05, 0.1) is 5.69 Å². The van der Waals surface area contributed by atoms with E-state index in [4.69, 9.17) is 4.98 Å². The number of likely N-dealkylation sites (tertiary alicyclic amines) is 1. The van der Waals surface area contributed by atoms with E-state index in [1.54, 1.807) is 12.3 Å². The average molecular weight is 371 g/mol. The van der Waals surface area contributed by atoms with Gasteiger partial charge in [0.15, 0.2) is 0 Å². The molecule has 28 heavy (non-hydrogen) atoms. The van der Waals surface area contributed by atoms with Crippen LogP contribution in [0.15, 0.2) is 73.2 Å². The van der Waals surface area contributed by atoms with Crippen LogP contribution < -0.4 is 0 Å². The van der Waals surface area contributed by atoms with Crippen molar-refractivity contribution in [1.82, 2.24) is 24.5 Å². The molecule has 0 spiro atoms. The molecule has 4 heterocycles. The first-order valence-corrected chi connectivity index (χ1v) is 9.55. The maximum atomic E-state index is 12.7. The van der Waals surface area contributed by atoms with Crippen LogP contribution >= 0.6 is 0 Å². The molecule has 0 aliphatic carbocycles. The summed E-state index contributed by atoms with van der Waals surface area (Å²) in [6, 6.07) is 18.3. The van der Waals surface area contributed by atoms with Gasteiger partial charge in [0.1, 0.15) is 11.3 Å². The van der Waals surface area contributed by atoms with Crippen molar-refractivity contribution < 1.29 is 4.79 Å². The molecular weight excluding hydrogens is 350 g/mol. The molecule has 1 aliphatic rings. The molecule has 3 aromatic heterocycles. The first-order chi connectivity index (χ1) is 13.8. The first kappa shape index (κ1) is 16.7. The van der Waals surface area contributed by atoms with E-state index in [1.807, 2.05) is 35.4 Å². The number of aromatic amines is 1. The molecule has 4 aromatic rings. The van der Waals surface area contributed by atoms with Gasteiger partial charge in [-0.25, -0.2) is 4.98 Å². The molecular formula is C22H21N5O. The number of carbonyl (C=O) groups excluding carboxylic acids is 1. The maximum Gasteiger partial charge on any atom is 0.271 e. The summed E-state index contributed by atoms with van der Waals surface area (Å²) in [7, 11) is 0. The molecule has 1 aromatic carbocycles. The number of benzene rings is 1. The van der Waals surface area contributed by atoms with Crippen LogP contribution in [0.3, 0.4) is 0 Å². The molecule has 5 rings (SSSR count). The fourth-order valence-corrected chi connectivity index (χ4v) is 4.25. The van der Waals surface area contributed by atoms with Gasteiger partial charge < -0.3 is 9.30 Å². The van der Waals surface area contributed by atoms with Crippen molar-refractivity contribution in [3.8, 4) is 0 Å². The van der Waals surface area contributed by atoms with Crippen LogP contribution in [-0.2, 0) is 5.41 Å². The van der Waals surface area contributed by atoms with Crippen LogP contribution in [0, 0.1) is 0 Å². The number of hydrogen-bond acceptors (Lipinski definition) is 3. The highest BCUT2D eigenvalue weighted by Crippen LogP contribution is 2.41.